The lowest BCUT2D eigenvalue weighted by Crippen LogP contribution is -2.13. The van der Waals surface area contributed by atoms with E-state index in [1.807, 2.05) is 0 Å². The number of halogens is 1. The lowest BCUT2D eigenvalue weighted by Gasteiger charge is -2.07. The van der Waals surface area contributed by atoms with Crippen molar-refractivity contribution >= 4 is 23.0 Å². The minimum Gasteiger partial charge on any atom is -0.399 e. The molecule has 2 rings (SSSR count). The molecule has 1 amide bonds. The maximum Gasteiger partial charge on any atom is 0.295 e. The molecule has 108 valence electrons. The highest BCUT2D eigenvalue weighted by atomic mass is 19.1. The number of hydrogen-bond donors (Lipinski definition) is 2. The van der Waals surface area contributed by atoms with E-state index in [1.165, 1.54) is 6.07 Å². The van der Waals surface area contributed by atoms with Crippen LogP contribution in [0.5, 0.6) is 0 Å². The molecule has 0 fully saturated rings. The molecule has 3 N–H and O–H groups in total. The zero-order valence-corrected chi connectivity index (χ0v) is 11.1. The minimum atomic E-state index is -0.757. The van der Waals surface area contributed by atoms with Crippen molar-refractivity contribution in [1.82, 2.24) is 0 Å². The molecular weight excluding hydrogens is 277 g/mol. The van der Waals surface area contributed by atoms with Crippen LogP contribution in [-0.2, 0) is 0 Å². The number of nitro benzene ring substituents is 1. The van der Waals surface area contributed by atoms with Gasteiger partial charge in [-0.15, -0.1) is 0 Å². The number of hydrogen-bond acceptors (Lipinski definition) is 4. The number of nitrogens with two attached hydrogens (primary N) is 1. The Kier molecular flexibility index (Phi) is 3.84. The summed E-state index contributed by atoms with van der Waals surface area (Å²) < 4.78 is 13.0. The molecule has 0 bridgehead atoms. The first-order valence-corrected chi connectivity index (χ1v) is 6.00. The number of nitro groups is 1. The van der Waals surface area contributed by atoms with Crippen molar-refractivity contribution < 1.29 is 14.1 Å². The monoisotopic (exact) mass is 289 g/mol. The third kappa shape index (κ3) is 3.14. The highest BCUT2D eigenvalue weighted by Gasteiger charge is 2.17. The van der Waals surface area contributed by atoms with E-state index in [-0.39, 0.29) is 5.69 Å². The molecule has 0 saturated heterocycles. The van der Waals surface area contributed by atoms with E-state index in [0.717, 1.165) is 23.8 Å². The van der Waals surface area contributed by atoms with E-state index < -0.39 is 22.3 Å². The predicted octanol–water partition coefficient (Wildman–Crippen LogP) is 2.88. The molecule has 2 aromatic carbocycles. The second-order valence-electron chi connectivity index (χ2n) is 4.44. The Morgan fingerprint density at radius 1 is 1.29 bits per heavy atom. The fraction of sp³-hybridized carbons (Fsp3) is 0.0714. The molecule has 0 aromatic heterocycles. The van der Waals surface area contributed by atoms with Crippen molar-refractivity contribution in [1.29, 1.82) is 0 Å². The molecule has 2 aromatic rings. The molecule has 0 aliphatic rings. The molecule has 0 aliphatic heterocycles. The van der Waals surface area contributed by atoms with Gasteiger partial charge in [0.05, 0.1) is 11.0 Å². The van der Waals surface area contributed by atoms with Crippen LogP contribution in [0.3, 0.4) is 0 Å². The van der Waals surface area contributed by atoms with Crippen LogP contribution in [0.15, 0.2) is 36.4 Å². The van der Waals surface area contributed by atoms with E-state index in [9.17, 15) is 19.3 Å². The first-order valence-electron chi connectivity index (χ1n) is 6.00. The van der Waals surface area contributed by atoms with Crippen molar-refractivity contribution in [2.24, 2.45) is 0 Å². The number of carbonyl (C=O) groups is 1. The highest BCUT2D eigenvalue weighted by molar-refractivity contribution is 6.05. The van der Waals surface area contributed by atoms with Crippen LogP contribution in [0.25, 0.3) is 0 Å². The fourth-order valence-corrected chi connectivity index (χ4v) is 1.77. The summed E-state index contributed by atoms with van der Waals surface area (Å²) in [6.07, 6.45) is 0. The average Bonchev–Trinajstić information content (AvgIpc) is 2.43. The lowest BCUT2D eigenvalue weighted by molar-refractivity contribution is -0.384. The Labute approximate surface area is 119 Å². The number of nitrogen functional groups attached to an aromatic ring is 1. The molecule has 0 radical (unpaired) electrons. The van der Waals surface area contributed by atoms with Crippen LogP contribution in [0, 0.1) is 22.9 Å². The van der Waals surface area contributed by atoms with Gasteiger partial charge in [-0.25, -0.2) is 4.39 Å². The third-order valence-electron chi connectivity index (χ3n) is 2.94. The standard InChI is InChI=1S/C14H12FN3O3/c1-8-6-9(2-4-11(8)16)14(19)17-12-5-3-10(15)7-13(12)18(20)21/h2-7H,16H2,1H3,(H,17,19). The molecule has 21 heavy (non-hydrogen) atoms. The van der Waals surface area contributed by atoms with Gasteiger partial charge in [0.2, 0.25) is 0 Å². The molecular formula is C14H12FN3O3. The van der Waals surface area contributed by atoms with Gasteiger partial charge >= 0.3 is 0 Å². The third-order valence-corrected chi connectivity index (χ3v) is 2.94. The Morgan fingerprint density at radius 2 is 2.00 bits per heavy atom. The average molecular weight is 289 g/mol. The zero-order chi connectivity index (χ0) is 15.6. The molecule has 0 aliphatic carbocycles. The van der Waals surface area contributed by atoms with Crippen molar-refractivity contribution in [3.05, 3.63) is 63.5 Å². The number of nitrogens with one attached hydrogen (secondary N) is 1. The number of nitrogens with zero attached hydrogens (tertiary/aromatic N) is 1. The Hall–Kier alpha value is -2.96. The Morgan fingerprint density at radius 3 is 2.62 bits per heavy atom. The van der Waals surface area contributed by atoms with Gasteiger partial charge in [-0.3, -0.25) is 14.9 Å². The summed E-state index contributed by atoms with van der Waals surface area (Å²) in [5.41, 5.74) is 6.65. The Balaban J connectivity index is 2.31. The molecule has 0 atom stereocenters. The van der Waals surface area contributed by atoms with Crippen LogP contribution in [0.4, 0.5) is 21.5 Å². The molecule has 0 saturated carbocycles. The van der Waals surface area contributed by atoms with Gasteiger partial charge < -0.3 is 11.1 Å². The normalized spacial score (nSPS) is 10.2. The molecule has 6 nitrogen and oxygen atoms in total. The number of aryl methyl sites for hydroxylation is 1. The van der Waals surface area contributed by atoms with Gasteiger partial charge in [-0.1, -0.05) is 0 Å². The van der Waals surface area contributed by atoms with Gasteiger partial charge in [0.25, 0.3) is 11.6 Å². The number of anilines is 2. The summed E-state index contributed by atoms with van der Waals surface area (Å²) in [6, 6.07) is 7.59. The first kappa shape index (κ1) is 14.4. The van der Waals surface area contributed by atoms with Crippen LogP contribution in [0.1, 0.15) is 15.9 Å². The van der Waals surface area contributed by atoms with Crippen LogP contribution in [-0.4, -0.2) is 10.8 Å². The number of rotatable bonds is 3. The minimum absolute atomic E-state index is 0.0686. The maximum absolute atomic E-state index is 13.0. The van der Waals surface area contributed by atoms with Crippen LogP contribution < -0.4 is 11.1 Å². The highest BCUT2D eigenvalue weighted by Crippen LogP contribution is 2.25. The van der Waals surface area contributed by atoms with E-state index >= 15 is 0 Å². The summed E-state index contributed by atoms with van der Waals surface area (Å²) >= 11 is 0. The second-order valence-corrected chi connectivity index (χ2v) is 4.44. The first-order chi connectivity index (χ1) is 9.88. The summed E-state index contributed by atoms with van der Waals surface area (Å²) in [5, 5.41) is 13.3. The van der Waals surface area contributed by atoms with Crippen LogP contribution >= 0.6 is 0 Å². The van der Waals surface area contributed by atoms with Gasteiger partial charge in [-0.05, 0) is 42.8 Å². The largest absolute Gasteiger partial charge is 0.399 e. The topological polar surface area (TPSA) is 98.3 Å². The van der Waals surface area contributed by atoms with Gasteiger partial charge in [0.1, 0.15) is 11.5 Å². The summed E-state index contributed by atoms with van der Waals surface area (Å²) in [4.78, 5) is 22.2. The van der Waals surface area contributed by atoms with E-state index in [2.05, 4.69) is 5.32 Å². The summed E-state index contributed by atoms with van der Waals surface area (Å²) in [7, 11) is 0. The number of amides is 1. The van der Waals surface area contributed by atoms with Gasteiger partial charge in [0, 0.05) is 11.3 Å². The van der Waals surface area contributed by atoms with Gasteiger partial charge in [0.15, 0.2) is 0 Å². The van der Waals surface area contributed by atoms with Crippen molar-refractivity contribution in [3.8, 4) is 0 Å². The second kappa shape index (κ2) is 5.58. The zero-order valence-electron chi connectivity index (χ0n) is 11.1. The predicted molar refractivity (Wildman–Crippen MR) is 76.6 cm³/mol. The Bertz CT molecular complexity index is 731. The molecule has 0 spiro atoms. The molecule has 7 heteroatoms. The van der Waals surface area contributed by atoms with E-state index in [1.54, 1.807) is 19.1 Å². The molecule has 0 unspecified atom stereocenters. The SMILES string of the molecule is Cc1cc(C(=O)Nc2ccc(F)cc2[N+](=O)[O-])ccc1N. The molecule has 0 heterocycles. The van der Waals surface area contributed by atoms with E-state index in [0.29, 0.717) is 11.3 Å². The van der Waals surface area contributed by atoms with Crippen molar-refractivity contribution in [2.75, 3.05) is 11.1 Å². The summed E-state index contributed by atoms with van der Waals surface area (Å²) in [6.45, 7) is 1.74. The fourth-order valence-electron chi connectivity index (χ4n) is 1.77. The van der Waals surface area contributed by atoms with Crippen molar-refractivity contribution in [2.45, 2.75) is 6.92 Å². The van der Waals surface area contributed by atoms with E-state index in [4.69, 9.17) is 5.73 Å². The number of benzene rings is 2. The smallest absolute Gasteiger partial charge is 0.295 e. The quantitative estimate of drug-likeness (QED) is 0.515. The van der Waals surface area contributed by atoms with Crippen molar-refractivity contribution in [3.63, 3.8) is 0 Å². The number of carbonyl (C=O) groups excluding carboxylic acids is 1. The lowest BCUT2D eigenvalue weighted by atomic mass is 10.1. The maximum atomic E-state index is 13.0. The summed E-state index contributed by atoms with van der Waals surface area (Å²) in [5.74, 6) is -1.28. The van der Waals surface area contributed by atoms with Gasteiger partial charge in [-0.2, -0.15) is 0 Å². The van der Waals surface area contributed by atoms with Crippen LogP contribution in [0.2, 0.25) is 0 Å².